The lowest BCUT2D eigenvalue weighted by Crippen LogP contribution is -2.49. The number of amides is 1. The van der Waals surface area contributed by atoms with Crippen LogP contribution in [0, 0.1) is 5.41 Å². The van der Waals surface area contributed by atoms with Crippen LogP contribution in [0.1, 0.15) is 32.1 Å². The molecule has 1 saturated heterocycles. The summed E-state index contributed by atoms with van der Waals surface area (Å²) < 4.78 is 1.79. The first-order chi connectivity index (χ1) is 10.6. The molecule has 1 atom stereocenters. The molecule has 0 saturated carbocycles. The third-order valence-corrected chi connectivity index (χ3v) is 4.26. The van der Waals surface area contributed by atoms with Crippen molar-refractivity contribution in [2.45, 2.75) is 38.6 Å². The molecular weight excluding hydrogens is 282 g/mol. The summed E-state index contributed by atoms with van der Waals surface area (Å²) in [4.78, 5) is 25.6. The quantitative estimate of drug-likeness (QED) is 0.781. The SMILES string of the molecule is C=CC[C@@]1(C(=O)O)CCCN(C(=O)CCCn2cccn2)C1. The first-order valence-electron chi connectivity index (χ1n) is 7.67. The Balaban J connectivity index is 1.89. The van der Waals surface area contributed by atoms with Gasteiger partial charge in [-0.25, -0.2) is 0 Å². The van der Waals surface area contributed by atoms with Crippen molar-refractivity contribution in [3.05, 3.63) is 31.1 Å². The van der Waals surface area contributed by atoms with Gasteiger partial charge in [0.25, 0.3) is 0 Å². The predicted octanol–water partition coefficient (Wildman–Crippen LogP) is 1.93. The average Bonchev–Trinajstić information content (AvgIpc) is 3.01. The van der Waals surface area contributed by atoms with Crippen molar-refractivity contribution in [2.75, 3.05) is 13.1 Å². The van der Waals surface area contributed by atoms with Crippen molar-refractivity contribution in [1.82, 2.24) is 14.7 Å². The van der Waals surface area contributed by atoms with Gasteiger partial charge in [0.1, 0.15) is 0 Å². The second-order valence-corrected chi connectivity index (χ2v) is 5.87. The minimum Gasteiger partial charge on any atom is -0.481 e. The zero-order chi connectivity index (χ0) is 16.0. The van der Waals surface area contributed by atoms with Gasteiger partial charge >= 0.3 is 5.97 Å². The Morgan fingerprint density at radius 3 is 2.91 bits per heavy atom. The summed E-state index contributed by atoms with van der Waals surface area (Å²) in [5, 5.41) is 13.6. The van der Waals surface area contributed by atoms with Crippen LogP contribution in [0.3, 0.4) is 0 Å². The summed E-state index contributed by atoms with van der Waals surface area (Å²) >= 11 is 0. The molecule has 0 spiro atoms. The van der Waals surface area contributed by atoms with Gasteiger partial charge in [-0.15, -0.1) is 6.58 Å². The van der Waals surface area contributed by atoms with Crippen LogP contribution in [0.15, 0.2) is 31.1 Å². The van der Waals surface area contributed by atoms with Crippen molar-refractivity contribution in [3.8, 4) is 0 Å². The third-order valence-electron chi connectivity index (χ3n) is 4.26. The summed E-state index contributed by atoms with van der Waals surface area (Å²) in [5.41, 5.74) is -0.863. The molecule has 1 aliphatic rings. The van der Waals surface area contributed by atoms with Gasteiger partial charge in [0.05, 0.1) is 5.41 Å². The Kier molecular flexibility index (Phi) is 5.35. The lowest BCUT2D eigenvalue weighted by atomic mass is 9.77. The number of carboxylic acid groups (broad SMARTS) is 1. The highest BCUT2D eigenvalue weighted by Crippen LogP contribution is 2.34. The normalized spacial score (nSPS) is 21.5. The molecule has 1 aromatic rings. The van der Waals surface area contributed by atoms with Crippen LogP contribution in [0.5, 0.6) is 0 Å². The molecule has 22 heavy (non-hydrogen) atoms. The van der Waals surface area contributed by atoms with E-state index in [-0.39, 0.29) is 12.5 Å². The lowest BCUT2D eigenvalue weighted by Gasteiger charge is -2.39. The molecule has 6 heteroatoms. The molecule has 1 aliphatic heterocycles. The highest BCUT2D eigenvalue weighted by molar-refractivity contribution is 5.79. The van der Waals surface area contributed by atoms with E-state index >= 15 is 0 Å². The Morgan fingerprint density at radius 2 is 2.27 bits per heavy atom. The number of likely N-dealkylation sites (tertiary alicyclic amines) is 1. The van der Waals surface area contributed by atoms with E-state index in [1.807, 2.05) is 12.3 Å². The van der Waals surface area contributed by atoms with Crippen molar-refractivity contribution in [2.24, 2.45) is 5.41 Å². The number of aliphatic carboxylic acids is 1. The molecule has 2 heterocycles. The number of carbonyl (C=O) groups excluding carboxylic acids is 1. The zero-order valence-corrected chi connectivity index (χ0v) is 12.8. The van der Waals surface area contributed by atoms with Gasteiger partial charge in [-0.05, 0) is 31.7 Å². The monoisotopic (exact) mass is 305 g/mol. The molecule has 1 N–H and O–H groups in total. The van der Waals surface area contributed by atoms with E-state index in [0.717, 1.165) is 6.42 Å². The number of rotatable bonds is 7. The van der Waals surface area contributed by atoms with Crippen molar-refractivity contribution >= 4 is 11.9 Å². The minimum atomic E-state index is -0.863. The molecule has 0 aliphatic carbocycles. The van der Waals surface area contributed by atoms with Crippen LogP contribution in [-0.2, 0) is 16.1 Å². The summed E-state index contributed by atoms with van der Waals surface area (Å²) in [7, 11) is 0. The second-order valence-electron chi connectivity index (χ2n) is 5.87. The maximum atomic E-state index is 12.3. The second kappa shape index (κ2) is 7.24. The van der Waals surface area contributed by atoms with E-state index in [0.29, 0.717) is 38.8 Å². The number of carbonyl (C=O) groups is 2. The fourth-order valence-corrected chi connectivity index (χ4v) is 3.03. The van der Waals surface area contributed by atoms with Crippen LogP contribution in [0.2, 0.25) is 0 Å². The molecule has 0 unspecified atom stereocenters. The van der Waals surface area contributed by atoms with E-state index in [2.05, 4.69) is 11.7 Å². The number of carboxylic acids is 1. The molecule has 1 amide bonds. The molecular formula is C16H23N3O3. The van der Waals surface area contributed by atoms with Gasteiger partial charge in [-0.1, -0.05) is 6.08 Å². The molecule has 1 aromatic heterocycles. The Hall–Kier alpha value is -2.11. The van der Waals surface area contributed by atoms with Crippen molar-refractivity contribution in [3.63, 3.8) is 0 Å². The molecule has 0 aromatic carbocycles. The van der Waals surface area contributed by atoms with E-state index in [1.54, 1.807) is 21.9 Å². The van der Waals surface area contributed by atoms with Crippen LogP contribution in [0.25, 0.3) is 0 Å². The van der Waals surface area contributed by atoms with Gasteiger partial charge in [0.2, 0.25) is 5.91 Å². The van der Waals surface area contributed by atoms with Gasteiger partial charge in [0, 0.05) is 38.4 Å². The van der Waals surface area contributed by atoms with Crippen LogP contribution >= 0.6 is 0 Å². The first-order valence-corrected chi connectivity index (χ1v) is 7.67. The van der Waals surface area contributed by atoms with E-state index in [1.165, 1.54) is 0 Å². The number of aryl methyl sites for hydroxylation is 1. The highest BCUT2D eigenvalue weighted by atomic mass is 16.4. The number of piperidine rings is 1. The number of hydrogen-bond acceptors (Lipinski definition) is 3. The standard InChI is InChI=1S/C16H23N3O3/c1-2-7-16(15(21)22)8-4-10-18(13-16)14(20)6-3-11-19-12-5-9-17-19/h2,5,9,12H,1,3-4,6-8,10-11,13H2,(H,21,22)/t16-/m1/s1. The largest absolute Gasteiger partial charge is 0.481 e. The van der Waals surface area contributed by atoms with Gasteiger partial charge in [-0.3, -0.25) is 14.3 Å². The Morgan fingerprint density at radius 1 is 1.45 bits per heavy atom. The van der Waals surface area contributed by atoms with E-state index < -0.39 is 11.4 Å². The topological polar surface area (TPSA) is 75.4 Å². The maximum Gasteiger partial charge on any atom is 0.311 e. The zero-order valence-electron chi connectivity index (χ0n) is 12.8. The van der Waals surface area contributed by atoms with E-state index in [4.69, 9.17) is 0 Å². The fourth-order valence-electron chi connectivity index (χ4n) is 3.03. The number of aromatic nitrogens is 2. The molecule has 0 bridgehead atoms. The van der Waals surface area contributed by atoms with Gasteiger partial charge < -0.3 is 10.0 Å². The predicted molar refractivity (Wildman–Crippen MR) is 82.2 cm³/mol. The molecule has 2 rings (SSSR count). The average molecular weight is 305 g/mol. The fraction of sp³-hybridized carbons (Fsp3) is 0.562. The van der Waals surface area contributed by atoms with Crippen molar-refractivity contribution < 1.29 is 14.7 Å². The molecule has 120 valence electrons. The van der Waals surface area contributed by atoms with Crippen LogP contribution < -0.4 is 0 Å². The molecule has 0 radical (unpaired) electrons. The Bertz CT molecular complexity index is 527. The summed E-state index contributed by atoms with van der Waals surface area (Å²) in [5.74, 6) is -0.803. The smallest absolute Gasteiger partial charge is 0.311 e. The molecule has 6 nitrogen and oxygen atoms in total. The highest BCUT2D eigenvalue weighted by Gasteiger charge is 2.42. The maximum absolute atomic E-state index is 12.3. The number of allylic oxidation sites excluding steroid dienone is 1. The lowest BCUT2D eigenvalue weighted by molar-refractivity contribution is -0.154. The Labute approximate surface area is 130 Å². The summed E-state index contributed by atoms with van der Waals surface area (Å²) in [6.45, 7) is 5.28. The minimum absolute atomic E-state index is 0.0292. The van der Waals surface area contributed by atoms with Crippen LogP contribution in [-0.4, -0.2) is 44.8 Å². The van der Waals surface area contributed by atoms with Gasteiger partial charge in [0.15, 0.2) is 0 Å². The number of nitrogens with zero attached hydrogens (tertiary/aromatic N) is 3. The van der Waals surface area contributed by atoms with Crippen LogP contribution in [0.4, 0.5) is 0 Å². The third kappa shape index (κ3) is 3.75. The van der Waals surface area contributed by atoms with Crippen molar-refractivity contribution in [1.29, 1.82) is 0 Å². The summed E-state index contributed by atoms with van der Waals surface area (Å²) in [6.07, 6.45) is 8.08. The van der Waals surface area contributed by atoms with Gasteiger partial charge in [-0.2, -0.15) is 5.10 Å². The summed E-state index contributed by atoms with van der Waals surface area (Å²) in [6, 6.07) is 1.85. The van der Waals surface area contributed by atoms with E-state index in [9.17, 15) is 14.7 Å². The molecule has 1 fully saturated rings. The first kappa shape index (κ1) is 16.3. The number of hydrogen-bond donors (Lipinski definition) is 1.